The van der Waals surface area contributed by atoms with Crippen LogP contribution in [-0.4, -0.2) is 59.1 Å². The van der Waals surface area contributed by atoms with Crippen LogP contribution < -0.4 is 0 Å². The van der Waals surface area contributed by atoms with Crippen molar-refractivity contribution in [3.8, 4) is 0 Å². The first kappa shape index (κ1) is 13.6. The lowest BCUT2D eigenvalue weighted by Gasteiger charge is -2.32. The summed E-state index contributed by atoms with van der Waals surface area (Å²) in [6, 6.07) is 0. The third kappa shape index (κ3) is 3.20. The van der Waals surface area contributed by atoms with Gasteiger partial charge < -0.3 is 14.4 Å². The van der Waals surface area contributed by atoms with E-state index in [9.17, 15) is 0 Å². The molecule has 0 atom stereocenters. The van der Waals surface area contributed by atoms with Gasteiger partial charge >= 0.3 is 0 Å². The molecule has 0 bridgehead atoms. The highest BCUT2D eigenvalue weighted by molar-refractivity contribution is 9.10. The zero-order valence-corrected chi connectivity index (χ0v) is 13.3. The Morgan fingerprint density at radius 2 is 1.95 bits per heavy atom. The molecule has 1 aromatic heterocycles. The first-order chi connectivity index (χ1) is 9.22. The summed E-state index contributed by atoms with van der Waals surface area (Å²) >= 11 is 3.54. The highest BCUT2D eigenvalue weighted by Gasteiger charge is 2.23. The molecular weight excluding hydrogens is 304 g/mol. The molecule has 0 radical (unpaired) electrons. The lowest BCUT2D eigenvalue weighted by Crippen LogP contribution is -2.39. The van der Waals surface area contributed by atoms with Crippen LogP contribution in [0.25, 0.3) is 0 Å². The first-order valence-electron chi connectivity index (χ1n) is 7.36. The summed E-state index contributed by atoms with van der Waals surface area (Å²) in [6.07, 6.45) is 6.01. The Hall–Kier alpha value is -0.390. The van der Waals surface area contributed by atoms with Gasteiger partial charge in [0, 0.05) is 25.2 Å². The summed E-state index contributed by atoms with van der Waals surface area (Å²) in [5, 5.41) is 0. The van der Waals surface area contributed by atoms with Gasteiger partial charge in [-0.2, -0.15) is 0 Å². The van der Waals surface area contributed by atoms with Crippen LogP contribution in [-0.2, 0) is 6.54 Å². The van der Waals surface area contributed by atoms with Gasteiger partial charge in [-0.1, -0.05) is 0 Å². The van der Waals surface area contributed by atoms with E-state index in [2.05, 4.69) is 43.5 Å². The summed E-state index contributed by atoms with van der Waals surface area (Å²) in [4.78, 5) is 9.66. The van der Waals surface area contributed by atoms with Gasteiger partial charge in [-0.25, -0.2) is 4.98 Å². The number of hydrogen-bond acceptors (Lipinski definition) is 3. The number of piperidine rings is 1. The standard InChI is InChI=1S/C14H23BrN4/c1-17-7-3-12(4-8-17)14-16-13(15)11-19(14)10-9-18-5-2-6-18/h11-12H,2-10H2,1H3. The third-order valence-electron chi connectivity index (χ3n) is 4.47. The highest BCUT2D eigenvalue weighted by atomic mass is 79.9. The molecule has 2 aliphatic rings. The fourth-order valence-electron chi connectivity index (χ4n) is 3.02. The van der Waals surface area contributed by atoms with Gasteiger partial charge in [-0.05, 0) is 68.4 Å². The summed E-state index contributed by atoms with van der Waals surface area (Å²) in [5.74, 6) is 1.93. The second-order valence-corrected chi connectivity index (χ2v) is 6.70. The Kier molecular flexibility index (Phi) is 4.24. The molecule has 19 heavy (non-hydrogen) atoms. The summed E-state index contributed by atoms with van der Waals surface area (Å²) in [5.41, 5.74) is 0. The SMILES string of the molecule is CN1CCC(c2nc(Br)cn2CCN2CCC2)CC1. The molecule has 1 aromatic rings. The molecule has 2 saturated heterocycles. The Morgan fingerprint density at radius 3 is 2.58 bits per heavy atom. The normalized spacial score (nSPS) is 22.6. The van der Waals surface area contributed by atoms with E-state index in [1.165, 1.54) is 57.8 Å². The molecule has 0 aliphatic carbocycles. The average molecular weight is 327 g/mol. The number of rotatable bonds is 4. The smallest absolute Gasteiger partial charge is 0.124 e. The third-order valence-corrected chi connectivity index (χ3v) is 4.85. The Balaban J connectivity index is 1.65. The van der Waals surface area contributed by atoms with Crippen LogP contribution in [0.15, 0.2) is 10.8 Å². The van der Waals surface area contributed by atoms with E-state index in [4.69, 9.17) is 4.98 Å². The maximum absolute atomic E-state index is 4.72. The quantitative estimate of drug-likeness (QED) is 0.847. The van der Waals surface area contributed by atoms with Crippen molar-refractivity contribution >= 4 is 15.9 Å². The largest absolute Gasteiger partial charge is 0.332 e. The van der Waals surface area contributed by atoms with Crippen LogP contribution in [0.2, 0.25) is 0 Å². The fourth-order valence-corrected chi connectivity index (χ4v) is 3.45. The molecule has 0 unspecified atom stereocenters. The number of imidazole rings is 1. The molecule has 0 spiro atoms. The second kappa shape index (κ2) is 5.94. The molecule has 0 amide bonds. The van der Waals surface area contributed by atoms with Gasteiger partial charge in [0.05, 0.1) is 0 Å². The fraction of sp³-hybridized carbons (Fsp3) is 0.786. The topological polar surface area (TPSA) is 24.3 Å². The van der Waals surface area contributed by atoms with Gasteiger partial charge in [0.2, 0.25) is 0 Å². The van der Waals surface area contributed by atoms with E-state index in [-0.39, 0.29) is 0 Å². The Labute approximate surface area is 123 Å². The molecule has 3 heterocycles. The average Bonchev–Trinajstić information content (AvgIpc) is 2.70. The van der Waals surface area contributed by atoms with Crippen LogP contribution in [0.4, 0.5) is 0 Å². The minimum absolute atomic E-state index is 0.638. The maximum atomic E-state index is 4.72. The minimum Gasteiger partial charge on any atom is -0.332 e. The van der Waals surface area contributed by atoms with Gasteiger partial charge in [0.25, 0.3) is 0 Å². The first-order valence-corrected chi connectivity index (χ1v) is 8.15. The van der Waals surface area contributed by atoms with Crippen molar-refractivity contribution < 1.29 is 0 Å². The lowest BCUT2D eigenvalue weighted by molar-refractivity contribution is 0.173. The van der Waals surface area contributed by atoms with Gasteiger partial charge in [0.15, 0.2) is 0 Å². The van der Waals surface area contributed by atoms with E-state index >= 15 is 0 Å². The summed E-state index contributed by atoms with van der Waals surface area (Å²) in [6.45, 7) is 7.20. The van der Waals surface area contributed by atoms with E-state index in [0.29, 0.717) is 5.92 Å². The van der Waals surface area contributed by atoms with E-state index in [1.807, 2.05) is 0 Å². The minimum atomic E-state index is 0.638. The number of nitrogens with zero attached hydrogens (tertiary/aromatic N) is 4. The zero-order valence-electron chi connectivity index (χ0n) is 11.7. The Morgan fingerprint density at radius 1 is 1.21 bits per heavy atom. The highest BCUT2D eigenvalue weighted by Crippen LogP contribution is 2.28. The van der Waals surface area contributed by atoms with Gasteiger partial charge in [-0.3, -0.25) is 0 Å². The number of likely N-dealkylation sites (tertiary alicyclic amines) is 2. The molecule has 4 nitrogen and oxygen atoms in total. The van der Waals surface area contributed by atoms with Gasteiger partial charge in [0.1, 0.15) is 10.4 Å². The summed E-state index contributed by atoms with van der Waals surface area (Å²) < 4.78 is 3.36. The van der Waals surface area contributed by atoms with Crippen molar-refractivity contribution in [3.05, 3.63) is 16.6 Å². The lowest BCUT2D eigenvalue weighted by atomic mass is 9.96. The van der Waals surface area contributed by atoms with Crippen LogP contribution in [0.3, 0.4) is 0 Å². The maximum Gasteiger partial charge on any atom is 0.124 e. The molecule has 106 valence electrons. The van der Waals surface area contributed by atoms with Crippen molar-refractivity contribution in [2.45, 2.75) is 31.7 Å². The van der Waals surface area contributed by atoms with Gasteiger partial charge in [-0.15, -0.1) is 0 Å². The Bertz CT molecular complexity index is 419. The molecule has 3 rings (SSSR count). The number of aromatic nitrogens is 2. The van der Waals surface area contributed by atoms with Crippen molar-refractivity contribution in [1.82, 2.24) is 19.4 Å². The molecule has 5 heteroatoms. The van der Waals surface area contributed by atoms with E-state index < -0.39 is 0 Å². The van der Waals surface area contributed by atoms with Crippen molar-refractivity contribution in [3.63, 3.8) is 0 Å². The van der Waals surface area contributed by atoms with Crippen LogP contribution in [0.1, 0.15) is 31.0 Å². The summed E-state index contributed by atoms with van der Waals surface area (Å²) in [7, 11) is 2.21. The number of halogens is 1. The van der Waals surface area contributed by atoms with Crippen molar-refractivity contribution in [2.24, 2.45) is 0 Å². The molecule has 2 fully saturated rings. The molecule has 0 N–H and O–H groups in total. The van der Waals surface area contributed by atoms with E-state index in [1.54, 1.807) is 0 Å². The predicted molar refractivity (Wildman–Crippen MR) is 80.5 cm³/mol. The van der Waals surface area contributed by atoms with Crippen LogP contribution >= 0.6 is 15.9 Å². The molecular formula is C14H23BrN4. The van der Waals surface area contributed by atoms with Crippen LogP contribution in [0.5, 0.6) is 0 Å². The molecule has 2 aliphatic heterocycles. The van der Waals surface area contributed by atoms with Crippen molar-refractivity contribution in [1.29, 1.82) is 0 Å². The monoisotopic (exact) mass is 326 g/mol. The van der Waals surface area contributed by atoms with Crippen LogP contribution in [0, 0.1) is 0 Å². The predicted octanol–water partition coefficient (Wildman–Crippen LogP) is 2.16. The second-order valence-electron chi connectivity index (χ2n) is 5.89. The molecule has 0 aromatic carbocycles. The van der Waals surface area contributed by atoms with E-state index in [0.717, 1.165) is 11.1 Å². The molecule has 0 saturated carbocycles. The number of hydrogen-bond donors (Lipinski definition) is 0. The van der Waals surface area contributed by atoms with Crippen molar-refractivity contribution in [2.75, 3.05) is 39.8 Å². The zero-order chi connectivity index (χ0) is 13.2.